The lowest BCUT2D eigenvalue weighted by molar-refractivity contribution is -0.139. The van der Waals surface area contributed by atoms with Gasteiger partial charge in [-0.25, -0.2) is 13.2 Å². The van der Waals surface area contributed by atoms with E-state index in [-0.39, 0.29) is 10.6 Å². The summed E-state index contributed by atoms with van der Waals surface area (Å²) in [4.78, 5) is 10.4. The molecule has 0 saturated heterocycles. The summed E-state index contributed by atoms with van der Waals surface area (Å²) >= 11 is 0. The highest BCUT2D eigenvalue weighted by Gasteiger charge is 2.18. The number of sulfonamides is 1. The van der Waals surface area contributed by atoms with Crippen LogP contribution >= 0.6 is 0 Å². The van der Waals surface area contributed by atoms with E-state index in [2.05, 4.69) is 10.6 Å². The lowest BCUT2D eigenvalue weighted by Crippen LogP contribution is -2.33. The maximum atomic E-state index is 12.1. The molecule has 1 rings (SSSR count). The molecule has 0 radical (unpaired) electrons. The van der Waals surface area contributed by atoms with Crippen LogP contribution in [0.1, 0.15) is 19.8 Å². The largest absolute Gasteiger partial charge is 0.482 e. The summed E-state index contributed by atoms with van der Waals surface area (Å²) < 4.78 is 31.6. The van der Waals surface area contributed by atoms with Gasteiger partial charge in [0.1, 0.15) is 5.75 Å². The number of hydrogen-bond donors (Lipinski definition) is 2. The van der Waals surface area contributed by atoms with E-state index in [9.17, 15) is 13.2 Å². The van der Waals surface area contributed by atoms with Crippen molar-refractivity contribution in [3.63, 3.8) is 0 Å². The lowest BCUT2D eigenvalue weighted by Gasteiger charge is -2.13. The van der Waals surface area contributed by atoms with E-state index in [4.69, 9.17) is 16.3 Å². The van der Waals surface area contributed by atoms with Gasteiger partial charge in [-0.05, 0) is 30.7 Å². The topological polar surface area (TPSA) is 92.7 Å². The summed E-state index contributed by atoms with van der Waals surface area (Å²) in [5, 5.41) is 8.49. The highest BCUT2D eigenvalue weighted by atomic mass is 32.2. The number of terminal acetylenes is 1. The molecule has 0 aliphatic carbocycles. The Hall–Kier alpha value is -2.04. The van der Waals surface area contributed by atoms with E-state index in [1.165, 1.54) is 24.3 Å². The Balaban J connectivity index is 2.80. The Kier molecular flexibility index (Phi) is 6.21. The monoisotopic (exact) mass is 311 g/mol. The molecule has 0 aliphatic heterocycles. The molecule has 0 aromatic heterocycles. The van der Waals surface area contributed by atoms with Crippen molar-refractivity contribution in [1.82, 2.24) is 4.72 Å². The molecule has 114 valence electrons. The molecule has 7 heteroatoms. The molecule has 0 aliphatic rings. The zero-order valence-corrected chi connectivity index (χ0v) is 12.4. The van der Waals surface area contributed by atoms with Crippen LogP contribution in [0.4, 0.5) is 0 Å². The highest BCUT2D eigenvalue weighted by Crippen LogP contribution is 2.16. The van der Waals surface area contributed by atoms with E-state index in [0.717, 1.165) is 6.42 Å². The molecule has 1 unspecified atom stereocenters. The summed E-state index contributed by atoms with van der Waals surface area (Å²) in [5.74, 6) is 1.56. The number of carboxylic acid groups (broad SMARTS) is 1. The van der Waals surface area contributed by atoms with Crippen LogP contribution in [0.25, 0.3) is 0 Å². The number of aliphatic carboxylic acids is 1. The molecule has 0 amide bonds. The Bertz CT molecular complexity index is 616. The summed E-state index contributed by atoms with van der Waals surface area (Å²) in [5.41, 5.74) is 0. The second-order valence-corrected chi connectivity index (χ2v) is 6.00. The maximum absolute atomic E-state index is 12.1. The molecule has 1 aromatic carbocycles. The molecular formula is C14H17NO5S. The van der Waals surface area contributed by atoms with Gasteiger partial charge in [-0.15, -0.1) is 6.42 Å². The standard InChI is InChI=1S/C14H17NO5S/c1-3-5-11(4-2)15-21(18,19)13-8-6-12(7-9-13)20-10-14(16)17/h2,6-9,11,15H,3,5,10H2,1H3,(H,16,17). The zero-order valence-electron chi connectivity index (χ0n) is 11.6. The number of nitrogens with one attached hydrogen (secondary N) is 1. The van der Waals surface area contributed by atoms with Crippen LogP contribution in [0.2, 0.25) is 0 Å². The maximum Gasteiger partial charge on any atom is 0.341 e. The molecule has 0 saturated carbocycles. The van der Waals surface area contributed by atoms with Crippen LogP contribution in [-0.2, 0) is 14.8 Å². The highest BCUT2D eigenvalue weighted by molar-refractivity contribution is 7.89. The number of carbonyl (C=O) groups is 1. The molecule has 21 heavy (non-hydrogen) atoms. The first kappa shape index (κ1) is 17.0. The van der Waals surface area contributed by atoms with Gasteiger partial charge in [-0.3, -0.25) is 0 Å². The molecule has 2 N–H and O–H groups in total. The van der Waals surface area contributed by atoms with Crippen molar-refractivity contribution in [1.29, 1.82) is 0 Å². The first-order chi connectivity index (χ1) is 9.89. The fraction of sp³-hybridized carbons (Fsp3) is 0.357. The van der Waals surface area contributed by atoms with Crippen molar-refractivity contribution in [2.45, 2.75) is 30.7 Å². The molecule has 6 nitrogen and oxygen atoms in total. The predicted molar refractivity (Wildman–Crippen MR) is 77.4 cm³/mol. The van der Waals surface area contributed by atoms with Gasteiger partial charge in [0, 0.05) is 0 Å². The fourth-order valence-corrected chi connectivity index (χ4v) is 2.77. The van der Waals surface area contributed by atoms with E-state index in [1.54, 1.807) is 0 Å². The summed E-state index contributed by atoms with van der Waals surface area (Å²) in [6.07, 6.45) is 6.60. The number of ether oxygens (including phenoxy) is 1. The molecule has 0 heterocycles. The number of benzene rings is 1. The van der Waals surface area contributed by atoms with E-state index >= 15 is 0 Å². The van der Waals surface area contributed by atoms with Crippen molar-refractivity contribution >= 4 is 16.0 Å². The molecular weight excluding hydrogens is 294 g/mol. The van der Waals surface area contributed by atoms with E-state index in [1.807, 2.05) is 6.92 Å². The van der Waals surface area contributed by atoms with Crippen LogP contribution in [-0.4, -0.2) is 32.1 Å². The average Bonchev–Trinajstić information content (AvgIpc) is 2.45. The van der Waals surface area contributed by atoms with Gasteiger partial charge in [0.25, 0.3) is 0 Å². The second-order valence-electron chi connectivity index (χ2n) is 4.28. The Labute approximate surface area is 124 Å². The van der Waals surface area contributed by atoms with Crippen LogP contribution in [0.3, 0.4) is 0 Å². The summed E-state index contributed by atoms with van der Waals surface area (Å²) in [6.45, 7) is 1.42. The molecule has 0 bridgehead atoms. The third kappa shape index (κ3) is 5.45. The number of hydrogen-bond acceptors (Lipinski definition) is 4. The van der Waals surface area contributed by atoms with Crippen molar-refractivity contribution in [3.05, 3.63) is 24.3 Å². The lowest BCUT2D eigenvalue weighted by atomic mass is 10.2. The SMILES string of the molecule is C#CC(CCC)NS(=O)(=O)c1ccc(OCC(=O)O)cc1. The van der Waals surface area contributed by atoms with E-state index < -0.39 is 28.6 Å². The Morgan fingerprint density at radius 2 is 2.05 bits per heavy atom. The quantitative estimate of drug-likeness (QED) is 0.704. The fourth-order valence-electron chi connectivity index (χ4n) is 1.58. The Morgan fingerprint density at radius 3 is 2.52 bits per heavy atom. The van der Waals surface area contributed by atoms with Gasteiger partial charge in [0.05, 0.1) is 10.9 Å². The molecule has 1 aromatic rings. The first-order valence-corrected chi connectivity index (χ1v) is 7.80. The van der Waals surface area contributed by atoms with Gasteiger partial charge in [-0.1, -0.05) is 19.3 Å². The second kappa shape index (κ2) is 7.67. The third-order valence-electron chi connectivity index (χ3n) is 2.57. The van der Waals surface area contributed by atoms with Gasteiger partial charge >= 0.3 is 5.97 Å². The average molecular weight is 311 g/mol. The van der Waals surface area contributed by atoms with Crippen LogP contribution in [0.5, 0.6) is 5.75 Å². The van der Waals surface area contributed by atoms with Gasteiger partial charge < -0.3 is 9.84 Å². The van der Waals surface area contributed by atoms with Gasteiger partial charge in [0.2, 0.25) is 10.0 Å². The van der Waals surface area contributed by atoms with Crippen molar-refractivity contribution in [2.75, 3.05) is 6.61 Å². The van der Waals surface area contributed by atoms with Crippen LogP contribution < -0.4 is 9.46 Å². The Morgan fingerprint density at radius 1 is 1.43 bits per heavy atom. The van der Waals surface area contributed by atoms with Crippen LogP contribution in [0, 0.1) is 12.3 Å². The molecule has 0 spiro atoms. The number of rotatable bonds is 8. The summed E-state index contributed by atoms with van der Waals surface area (Å²) in [6, 6.07) is 4.89. The molecule has 0 fully saturated rings. The zero-order chi connectivity index (χ0) is 15.9. The van der Waals surface area contributed by atoms with Crippen molar-refractivity contribution in [3.8, 4) is 18.1 Å². The minimum Gasteiger partial charge on any atom is -0.482 e. The van der Waals surface area contributed by atoms with Crippen molar-refractivity contribution in [2.24, 2.45) is 0 Å². The third-order valence-corrected chi connectivity index (χ3v) is 4.06. The minimum absolute atomic E-state index is 0.0431. The van der Waals surface area contributed by atoms with Gasteiger partial charge in [0.15, 0.2) is 6.61 Å². The normalized spacial score (nSPS) is 12.4. The molecule has 1 atom stereocenters. The summed E-state index contributed by atoms with van der Waals surface area (Å²) in [7, 11) is -3.71. The van der Waals surface area contributed by atoms with Gasteiger partial charge in [-0.2, -0.15) is 4.72 Å². The first-order valence-electron chi connectivity index (χ1n) is 6.32. The van der Waals surface area contributed by atoms with Crippen LogP contribution in [0.15, 0.2) is 29.2 Å². The smallest absolute Gasteiger partial charge is 0.341 e. The minimum atomic E-state index is -3.71. The predicted octanol–water partition coefficient (Wildman–Crippen LogP) is 1.23. The van der Waals surface area contributed by atoms with Crippen molar-refractivity contribution < 1.29 is 23.1 Å². The van der Waals surface area contributed by atoms with E-state index in [0.29, 0.717) is 6.42 Å². The number of carboxylic acids is 1.